The Kier molecular flexibility index (Phi) is 2.08. The van der Waals surface area contributed by atoms with Gasteiger partial charge < -0.3 is 9.52 Å². The highest BCUT2D eigenvalue weighted by molar-refractivity contribution is 7.13. The van der Waals surface area contributed by atoms with Crippen LogP contribution < -0.4 is 0 Å². The average Bonchev–Trinajstić information content (AvgIpc) is 2.61. The van der Waals surface area contributed by atoms with Crippen LogP contribution in [0.5, 0.6) is 0 Å². The highest BCUT2D eigenvalue weighted by atomic mass is 32.1. The predicted molar refractivity (Wildman–Crippen MR) is 57.3 cm³/mol. The molecule has 2 aromatic rings. The van der Waals surface area contributed by atoms with Gasteiger partial charge in [-0.1, -0.05) is 0 Å². The molecule has 0 aliphatic carbocycles. The average molecular weight is 225 g/mol. The molecule has 2 heterocycles. The number of rotatable bonds is 2. The van der Waals surface area contributed by atoms with Gasteiger partial charge in [-0.2, -0.15) is 4.37 Å². The topological polar surface area (TPSA) is 63.3 Å². The van der Waals surface area contributed by atoms with Crippen LogP contribution in [-0.4, -0.2) is 15.4 Å². The van der Waals surface area contributed by atoms with Crippen molar-refractivity contribution in [2.45, 2.75) is 26.2 Å². The van der Waals surface area contributed by atoms with Crippen LogP contribution >= 0.6 is 11.5 Å². The largest absolute Gasteiger partial charge is 0.481 e. The zero-order valence-corrected chi connectivity index (χ0v) is 9.51. The normalized spacial score (nSPS) is 12.2. The van der Waals surface area contributed by atoms with Crippen LogP contribution in [-0.2, 0) is 10.2 Å². The van der Waals surface area contributed by atoms with Gasteiger partial charge in [0.15, 0.2) is 5.58 Å². The highest BCUT2D eigenvalue weighted by Crippen LogP contribution is 2.34. The van der Waals surface area contributed by atoms with Crippen LogP contribution in [0.2, 0.25) is 0 Å². The van der Waals surface area contributed by atoms with E-state index in [1.165, 1.54) is 11.5 Å². The fourth-order valence-electron chi connectivity index (χ4n) is 1.36. The van der Waals surface area contributed by atoms with Crippen molar-refractivity contribution in [2.75, 3.05) is 0 Å². The lowest BCUT2D eigenvalue weighted by Crippen LogP contribution is -2.28. The summed E-state index contributed by atoms with van der Waals surface area (Å²) in [5, 5.41) is 9.10. The molecule has 0 aliphatic heterocycles. The Balaban J connectivity index is 2.65. The van der Waals surface area contributed by atoms with Gasteiger partial charge in [0.25, 0.3) is 0 Å². The molecule has 0 bridgehead atoms. The second-order valence-electron chi connectivity index (χ2n) is 4.01. The quantitative estimate of drug-likeness (QED) is 0.853. The first-order valence-corrected chi connectivity index (χ1v) is 5.30. The molecule has 0 amide bonds. The summed E-state index contributed by atoms with van der Waals surface area (Å²) in [4.78, 5) is 11.1. The Bertz CT molecular complexity index is 524. The minimum atomic E-state index is -1.01. The van der Waals surface area contributed by atoms with E-state index in [0.717, 1.165) is 10.5 Å². The predicted octanol–water partition coefficient (Wildman–Crippen LogP) is 2.56. The summed E-state index contributed by atoms with van der Waals surface area (Å²) in [5.41, 5.74) is 0.0933. The van der Waals surface area contributed by atoms with Gasteiger partial charge in [-0.05, 0) is 38.4 Å². The first-order chi connectivity index (χ1) is 6.93. The molecule has 0 atom stereocenters. The molecular formula is C10H11NO3S. The molecule has 80 valence electrons. The van der Waals surface area contributed by atoms with E-state index in [-0.39, 0.29) is 0 Å². The maximum absolute atomic E-state index is 11.1. The number of carbonyl (C=O) groups is 1. The fraction of sp³-hybridized carbons (Fsp3) is 0.400. The monoisotopic (exact) mass is 225 g/mol. The highest BCUT2D eigenvalue weighted by Gasteiger charge is 2.35. The Morgan fingerprint density at radius 3 is 2.87 bits per heavy atom. The Morgan fingerprint density at radius 1 is 1.60 bits per heavy atom. The molecule has 0 radical (unpaired) electrons. The molecule has 0 fully saturated rings. The van der Waals surface area contributed by atoms with Gasteiger partial charge in [0.05, 0.1) is 4.70 Å². The third-order valence-corrected chi connectivity index (χ3v) is 3.17. The molecule has 4 nitrogen and oxygen atoms in total. The Morgan fingerprint density at radius 2 is 2.27 bits per heavy atom. The summed E-state index contributed by atoms with van der Waals surface area (Å²) in [7, 11) is 0. The number of carboxylic acids is 1. The first-order valence-electron chi connectivity index (χ1n) is 4.52. The maximum Gasteiger partial charge on any atom is 0.315 e. The van der Waals surface area contributed by atoms with E-state index in [2.05, 4.69) is 4.37 Å². The summed E-state index contributed by atoms with van der Waals surface area (Å²) in [6.45, 7) is 5.09. The number of fused-ring (bicyclic) bond motifs is 1. The van der Waals surface area contributed by atoms with E-state index < -0.39 is 11.4 Å². The number of aliphatic carboxylic acids is 1. The van der Waals surface area contributed by atoms with E-state index in [4.69, 9.17) is 9.52 Å². The van der Waals surface area contributed by atoms with Gasteiger partial charge in [0, 0.05) is 0 Å². The maximum atomic E-state index is 11.1. The summed E-state index contributed by atoms with van der Waals surface area (Å²) >= 11 is 1.27. The standard InChI is InChI=1S/C10H11NO3S/c1-5-4-6-7(14-5)8(11-15-6)10(2,3)9(12)13/h4H,1-3H3,(H,12,13). The van der Waals surface area contributed by atoms with Crippen molar-refractivity contribution in [1.82, 2.24) is 4.37 Å². The van der Waals surface area contributed by atoms with E-state index in [0.29, 0.717) is 11.3 Å². The van der Waals surface area contributed by atoms with Gasteiger partial charge >= 0.3 is 5.97 Å². The Hall–Kier alpha value is -1.36. The van der Waals surface area contributed by atoms with Crippen LogP contribution in [0.1, 0.15) is 25.3 Å². The summed E-state index contributed by atoms with van der Waals surface area (Å²) in [5.74, 6) is -0.121. The lowest BCUT2D eigenvalue weighted by molar-refractivity contribution is -0.142. The molecule has 0 unspecified atom stereocenters. The van der Waals surface area contributed by atoms with Crippen LogP contribution in [0.3, 0.4) is 0 Å². The molecule has 0 spiro atoms. The molecule has 15 heavy (non-hydrogen) atoms. The number of hydrogen-bond acceptors (Lipinski definition) is 4. The Labute approximate surface area is 90.7 Å². The summed E-state index contributed by atoms with van der Waals surface area (Å²) in [6.07, 6.45) is 0. The lowest BCUT2D eigenvalue weighted by Gasteiger charge is -2.15. The molecule has 0 aliphatic rings. The van der Waals surface area contributed by atoms with Crippen molar-refractivity contribution in [3.63, 3.8) is 0 Å². The number of aryl methyl sites for hydroxylation is 1. The molecule has 0 saturated carbocycles. The number of furan rings is 1. The van der Waals surface area contributed by atoms with E-state index >= 15 is 0 Å². The number of hydrogen-bond donors (Lipinski definition) is 1. The summed E-state index contributed by atoms with van der Waals surface area (Å²) < 4.78 is 10.5. The van der Waals surface area contributed by atoms with Gasteiger partial charge in [0.1, 0.15) is 16.9 Å². The van der Waals surface area contributed by atoms with Crippen molar-refractivity contribution in [2.24, 2.45) is 0 Å². The molecule has 2 rings (SSSR count). The number of nitrogens with zero attached hydrogens (tertiary/aromatic N) is 1. The fourth-order valence-corrected chi connectivity index (χ4v) is 2.30. The summed E-state index contributed by atoms with van der Waals surface area (Å²) in [6, 6.07) is 1.87. The van der Waals surface area contributed by atoms with Crippen LogP contribution in [0, 0.1) is 6.92 Å². The van der Waals surface area contributed by atoms with Gasteiger partial charge in [-0.25, -0.2) is 0 Å². The van der Waals surface area contributed by atoms with E-state index in [9.17, 15) is 4.79 Å². The van der Waals surface area contributed by atoms with Crippen molar-refractivity contribution in [3.8, 4) is 0 Å². The molecule has 1 N–H and O–H groups in total. The third kappa shape index (κ3) is 1.43. The van der Waals surface area contributed by atoms with Crippen LogP contribution in [0.4, 0.5) is 0 Å². The minimum Gasteiger partial charge on any atom is -0.481 e. The van der Waals surface area contributed by atoms with Crippen LogP contribution in [0.25, 0.3) is 10.3 Å². The third-order valence-electron chi connectivity index (χ3n) is 2.40. The van der Waals surface area contributed by atoms with Crippen molar-refractivity contribution >= 4 is 27.8 Å². The molecule has 5 heteroatoms. The minimum absolute atomic E-state index is 0.503. The van der Waals surface area contributed by atoms with Gasteiger partial charge in [-0.3, -0.25) is 4.79 Å². The molecule has 0 saturated heterocycles. The molecule has 2 aromatic heterocycles. The SMILES string of the molecule is Cc1cc2snc(C(C)(C)C(=O)O)c2o1. The van der Waals surface area contributed by atoms with Crippen molar-refractivity contribution in [1.29, 1.82) is 0 Å². The number of carboxylic acid groups (broad SMARTS) is 1. The van der Waals surface area contributed by atoms with Gasteiger partial charge in [-0.15, -0.1) is 0 Å². The molecular weight excluding hydrogens is 214 g/mol. The zero-order valence-electron chi connectivity index (χ0n) is 8.70. The lowest BCUT2D eigenvalue weighted by atomic mass is 9.89. The zero-order chi connectivity index (χ0) is 11.2. The van der Waals surface area contributed by atoms with Gasteiger partial charge in [0.2, 0.25) is 0 Å². The molecule has 0 aromatic carbocycles. The van der Waals surface area contributed by atoms with E-state index in [1.54, 1.807) is 13.8 Å². The van der Waals surface area contributed by atoms with Crippen LogP contribution in [0.15, 0.2) is 10.5 Å². The van der Waals surface area contributed by atoms with E-state index in [1.807, 2.05) is 13.0 Å². The van der Waals surface area contributed by atoms with Crippen molar-refractivity contribution < 1.29 is 14.3 Å². The second-order valence-corrected chi connectivity index (χ2v) is 4.82. The second kappa shape index (κ2) is 3.06. The number of aromatic nitrogens is 1. The smallest absolute Gasteiger partial charge is 0.315 e. The first kappa shape index (κ1) is 10.2. The van der Waals surface area contributed by atoms with Crippen molar-refractivity contribution in [3.05, 3.63) is 17.5 Å².